The summed E-state index contributed by atoms with van der Waals surface area (Å²) in [7, 11) is 0. The Labute approximate surface area is 158 Å². The summed E-state index contributed by atoms with van der Waals surface area (Å²) in [6, 6.07) is 12.7. The molecular formula is C18H23ClN3S2+. The zero-order valence-corrected chi connectivity index (χ0v) is 16.1. The fraction of sp³-hybridized carbons (Fsp3) is 0.389. The highest BCUT2D eigenvalue weighted by Crippen LogP contribution is 2.22. The van der Waals surface area contributed by atoms with Crippen molar-refractivity contribution in [2.75, 3.05) is 18.4 Å². The number of halogens is 1. The zero-order valence-electron chi connectivity index (χ0n) is 13.7. The standard InChI is InChI=1S/C18H22ClN3S2/c1-13(20-18(23)21-15-8-3-2-7-14(15)19)17(16-9-6-12-24-16)22-10-4-5-11-22/h2-3,6-9,12-13,17H,4-5,10-11H2,1H3,(H2,20,21,23)/p+1/t13-,17-/m0/s1. The van der Waals surface area contributed by atoms with Crippen molar-refractivity contribution in [3.05, 3.63) is 51.7 Å². The highest BCUT2D eigenvalue weighted by molar-refractivity contribution is 7.80. The van der Waals surface area contributed by atoms with E-state index in [4.69, 9.17) is 23.8 Å². The van der Waals surface area contributed by atoms with Crippen molar-refractivity contribution in [1.82, 2.24) is 5.32 Å². The molecule has 1 aliphatic rings. The summed E-state index contributed by atoms with van der Waals surface area (Å²) in [6.45, 7) is 4.69. The normalized spacial score (nSPS) is 17.4. The van der Waals surface area contributed by atoms with E-state index in [9.17, 15) is 0 Å². The number of thiophene rings is 1. The molecule has 0 bridgehead atoms. The van der Waals surface area contributed by atoms with Gasteiger partial charge in [0.1, 0.15) is 6.04 Å². The summed E-state index contributed by atoms with van der Waals surface area (Å²) in [4.78, 5) is 3.07. The third-order valence-electron chi connectivity index (χ3n) is 4.52. The van der Waals surface area contributed by atoms with E-state index in [1.54, 1.807) is 4.90 Å². The molecule has 0 aliphatic carbocycles. The van der Waals surface area contributed by atoms with Gasteiger partial charge in [-0.15, -0.1) is 11.3 Å². The van der Waals surface area contributed by atoms with Gasteiger partial charge >= 0.3 is 0 Å². The van der Waals surface area contributed by atoms with E-state index in [2.05, 4.69) is 35.1 Å². The van der Waals surface area contributed by atoms with Crippen LogP contribution in [0, 0.1) is 0 Å². The highest BCUT2D eigenvalue weighted by atomic mass is 35.5. The number of rotatable bonds is 5. The largest absolute Gasteiger partial charge is 0.354 e. The number of quaternary nitrogens is 1. The first-order valence-electron chi connectivity index (χ1n) is 8.35. The molecular weight excluding hydrogens is 358 g/mol. The third-order valence-corrected chi connectivity index (χ3v) is 6.02. The Balaban J connectivity index is 1.68. The molecule has 0 amide bonds. The number of para-hydroxylation sites is 1. The molecule has 1 aromatic carbocycles. The lowest BCUT2D eigenvalue weighted by molar-refractivity contribution is -0.920. The van der Waals surface area contributed by atoms with Crippen LogP contribution in [0.25, 0.3) is 0 Å². The summed E-state index contributed by atoms with van der Waals surface area (Å²) in [5.41, 5.74) is 0.838. The summed E-state index contributed by atoms with van der Waals surface area (Å²) in [5, 5.41) is 10.1. The SMILES string of the molecule is C[C@H](NC(=S)Nc1ccccc1Cl)[C@@H](c1cccs1)[NH+]1CCCC1. The first-order chi connectivity index (χ1) is 11.6. The molecule has 1 aromatic heterocycles. The summed E-state index contributed by atoms with van der Waals surface area (Å²) >= 11 is 13.5. The topological polar surface area (TPSA) is 28.5 Å². The number of hydrogen-bond acceptors (Lipinski definition) is 2. The van der Waals surface area contributed by atoms with E-state index in [0.29, 0.717) is 16.2 Å². The predicted octanol–water partition coefficient (Wildman–Crippen LogP) is 3.50. The van der Waals surface area contributed by atoms with Crippen LogP contribution in [-0.4, -0.2) is 24.2 Å². The molecule has 2 heterocycles. The van der Waals surface area contributed by atoms with E-state index in [-0.39, 0.29) is 6.04 Å². The van der Waals surface area contributed by atoms with Crippen LogP contribution in [0.5, 0.6) is 0 Å². The van der Waals surface area contributed by atoms with E-state index in [1.165, 1.54) is 30.8 Å². The van der Waals surface area contributed by atoms with Crippen molar-refractivity contribution < 1.29 is 4.90 Å². The number of thiocarbonyl (C=S) groups is 1. The molecule has 0 unspecified atom stereocenters. The van der Waals surface area contributed by atoms with Crippen molar-refractivity contribution in [1.29, 1.82) is 0 Å². The molecule has 6 heteroatoms. The Bertz CT molecular complexity index is 669. The molecule has 0 radical (unpaired) electrons. The summed E-state index contributed by atoms with van der Waals surface area (Å²) in [6.07, 6.45) is 2.62. The van der Waals surface area contributed by atoms with E-state index in [0.717, 1.165) is 5.69 Å². The first-order valence-corrected chi connectivity index (χ1v) is 10.0. The molecule has 0 spiro atoms. The maximum atomic E-state index is 6.20. The van der Waals surface area contributed by atoms with E-state index >= 15 is 0 Å². The van der Waals surface area contributed by atoms with Crippen LogP contribution in [0.4, 0.5) is 5.69 Å². The van der Waals surface area contributed by atoms with Gasteiger partial charge in [0.2, 0.25) is 0 Å². The monoisotopic (exact) mass is 380 g/mol. The molecule has 1 saturated heterocycles. The van der Waals surface area contributed by atoms with Crippen LogP contribution in [0.1, 0.15) is 30.7 Å². The molecule has 3 rings (SSSR count). The molecule has 3 N–H and O–H groups in total. The Morgan fingerprint density at radius 2 is 1.96 bits per heavy atom. The second-order valence-electron chi connectivity index (χ2n) is 6.23. The highest BCUT2D eigenvalue weighted by Gasteiger charge is 2.33. The number of benzene rings is 1. The van der Waals surface area contributed by atoms with Gasteiger partial charge in [0, 0.05) is 12.8 Å². The molecule has 1 aliphatic heterocycles. The van der Waals surface area contributed by atoms with Gasteiger partial charge in [0.15, 0.2) is 5.11 Å². The second-order valence-corrected chi connectivity index (χ2v) is 8.02. The van der Waals surface area contributed by atoms with E-state index < -0.39 is 0 Å². The van der Waals surface area contributed by atoms with E-state index in [1.807, 2.05) is 35.6 Å². The van der Waals surface area contributed by atoms with Gasteiger partial charge < -0.3 is 15.5 Å². The van der Waals surface area contributed by atoms with Gasteiger partial charge in [-0.3, -0.25) is 0 Å². The molecule has 3 nitrogen and oxygen atoms in total. The maximum Gasteiger partial charge on any atom is 0.171 e. The van der Waals surface area contributed by atoms with Gasteiger partial charge in [-0.1, -0.05) is 29.8 Å². The van der Waals surface area contributed by atoms with Gasteiger partial charge in [-0.25, -0.2) is 0 Å². The minimum absolute atomic E-state index is 0.249. The number of hydrogen-bond donors (Lipinski definition) is 3. The van der Waals surface area contributed by atoms with Crippen molar-refractivity contribution in [2.45, 2.75) is 31.8 Å². The number of anilines is 1. The van der Waals surface area contributed by atoms with Gasteiger partial charge in [0.05, 0.1) is 34.7 Å². The van der Waals surface area contributed by atoms with Crippen molar-refractivity contribution in [3.63, 3.8) is 0 Å². The lowest BCUT2D eigenvalue weighted by atomic mass is 10.1. The minimum Gasteiger partial charge on any atom is -0.354 e. The maximum absolute atomic E-state index is 6.20. The fourth-order valence-corrected chi connectivity index (χ4v) is 4.89. The zero-order chi connectivity index (χ0) is 16.9. The van der Waals surface area contributed by atoms with Gasteiger partial charge in [0.25, 0.3) is 0 Å². The fourth-order valence-electron chi connectivity index (χ4n) is 3.42. The molecule has 24 heavy (non-hydrogen) atoms. The lowest BCUT2D eigenvalue weighted by Gasteiger charge is -2.30. The lowest BCUT2D eigenvalue weighted by Crippen LogP contribution is -3.11. The molecule has 2 atom stereocenters. The minimum atomic E-state index is 0.249. The van der Waals surface area contributed by atoms with Gasteiger partial charge in [-0.05, 0) is 42.7 Å². The average molecular weight is 381 g/mol. The van der Waals surface area contributed by atoms with Crippen LogP contribution in [-0.2, 0) is 0 Å². The van der Waals surface area contributed by atoms with Crippen LogP contribution in [0.3, 0.4) is 0 Å². The average Bonchev–Trinajstić information content (AvgIpc) is 3.24. The Morgan fingerprint density at radius 3 is 2.62 bits per heavy atom. The summed E-state index contributed by atoms with van der Waals surface area (Å²) < 4.78 is 0. The van der Waals surface area contributed by atoms with Crippen molar-refractivity contribution in [3.8, 4) is 0 Å². The van der Waals surface area contributed by atoms with Crippen molar-refractivity contribution in [2.24, 2.45) is 0 Å². The smallest absolute Gasteiger partial charge is 0.171 e. The van der Waals surface area contributed by atoms with Crippen LogP contribution in [0.15, 0.2) is 41.8 Å². The van der Waals surface area contributed by atoms with Crippen LogP contribution < -0.4 is 15.5 Å². The quantitative estimate of drug-likeness (QED) is 0.693. The van der Waals surface area contributed by atoms with Gasteiger partial charge in [-0.2, -0.15) is 0 Å². The first kappa shape index (κ1) is 17.7. The molecule has 1 fully saturated rings. The predicted molar refractivity (Wildman–Crippen MR) is 107 cm³/mol. The van der Waals surface area contributed by atoms with Crippen LogP contribution in [0.2, 0.25) is 5.02 Å². The molecule has 2 aromatic rings. The molecule has 0 saturated carbocycles. The third kappa shape index (κ3) is 4.28. The van der Waals surface area contributed by atoms with Crippen molar-refractivity contribution >= 4 is 46.0 Å². The Morgan fingerprint density at radius 1 is 1.21 bits per heavy atom. The van der Waals surface area contributed by atoms with Crippen LogP contribution >= 0.6 is 35.2 Å². The number of likely N-dealkylation sites (tertiary alicyclic amines) is 1. The Kier molecular flexibility index (Phi) is 6.11. The number of nitrogens with one attached hydrogen (secondary N) is 3. The second kappa shape index (κ2) is 8.30. The Hall–Kier alpha value is -1.14. The summed E-state index contributed by atoms with van der Waals surface area (Å²) in [5.74, 6) is 0. The molecule has 128 valence electrons.